The summed E-state index contributed by atoms with van der Waals surface area (Å²) in [6, 6.07) is 2.11. The lowest BCUT2D eigenvalue weighted by Gasteiger charge is -2.39. The van der Waals surface area contributed by atoms with Crippen molar-refractivity contribution >= 4 is 21.5 Å². The van der Waals surface area contributed by atoms with E-state index in [2.05, 4.69) is 44.5 Å². The molecule has 1 aromatic rings. The van der Waals surface area contributed by atoms with E-state index >= 15 is 0 Å². The molecule has 0 aliphatic heterocycles. The highest BCUT2D eigenvalue weighted by Gasteiger charge is 2.24. The van der Waals surface area contributed by atoms with Crippen LogP contribution in [0.15, 0.2) is 16.8 Å². The molecule has 1 aromatic heterocycles. The molecule has 0 spiro atoms. The van der Waals surface area contributed by atoms with E-state index in [0.717, 1.165) is 25.7 Å². The highest BCUT2D eigenvalue weighted by atomic mass is 32.2. The Labute approximate surface area is 204 Å². The van der Waals surface area contributed by atoms with Gasteiger partial charge in [0.05, 0.1) is 31.9 Å². The van der Waals surface area contributed by atoms with Crippen LogP contribution in [-0.2, 0) is 16.5 Å². The van der Waals surface area contributed by atoms with Crippen molar-refractivity contribution in [3.05, 3.63) is 22.4 Å². The number of aryl methyl sites for hydroxylation is 1. The first-order chi connectivity index (χ1) is 15.3. The molecule has 0 aliphatic carbocycles. The summed E-state index contributed by atoms with van der Waals surface area (Å²) in [5, 5.41) is 4.20. The Balaban J connectivity index is 0.000000604. The highest BCUT2D eigenvalue weighted by Crippen LogP contribution is 2.16. The van der Waals surface area contributed by atoms with E-state index in [1.54, 1.807) is 11.3 Å². The molecule has 4 nitrogen and oxygen atoms in total. The Morgan fingerprint density at radius 1 is 0.750 bits per heavy atom. The van der Waals surface area contributed by atoms with Gasteiger partial charge in [-0.2, -0.15) is 19.8 Å². The first kappa shape index (κ1) is 31.6. The molecule has 0 unspecified atom stereocenters. The molecular formula is C26H52NO3S2+. The average molecular weight is 491 g/mol. The maximum Gasteiger partial charge on any atom is 0.264 e. The van der Waals surface area contributed by atoms with E-state index in [0.29, 0.717) is 6.42 Å². The van der Waals surface area contributed by atoms with E-state index in [9.17, 15) is 8.42 Å². The van der Waals surface area contributed by atoms with Gasteiger partial charge in [-0.3, -0.25) is 4.55 Å². The lowest BCUT2D eigenvalue weighted by molar-refractivity contribution is -0.929. The summed E-state index contributed by atoms with van der Waals surface area (Å²) in [5.41, 5.74) is 1.36. The highest BCUT2D eigenvalue weighted by molar-refractivity contribution is 7.85. The van der Waals surface area contributed by atoms with Crippen molar-refractivity contribution in [1.82, 2.24) is 0 Å². The Morgan fingerprint density at radius 3 is 1.59 bits per heavy atom. The smallest absolute Gasteiger partial charge is 0.264 e. The van der Waals surface area contributed by atoms with E-state index in [4.69, 9.17) is 4.55 Å². The fraction of sp³-hybridized carbons (Fsp3) is 0.846. The van der Waals surface area contributed by atoms with Gasteiger partial charge in [-0.25, -0.2) is 0 Å². The summed E-state index contributed by atoms with van der Waals surface area (Å²) < 4.78 is 30.7. The molecule has 0 atom stereocenters. The number of quaternary nitrogens is 1. The van der Waals surface area contributed by atoms with Crippen molar-refractivity contribution in [3.8, 4) is 0 Å². The van der Waals surface area contributed by atoms with E-state index in [-0.39, 0.29) is 5.75 Å². The van der Waals surface area contributed by atoms with Gasteiger partial charge in [-0.1, -0.05) is 66.2 Å². The summed E-state index contributed by atoms with van der Waals surface area (Å²) in [5.74, 6) is -0.106. The van der Waals surface area contributed by atoms with Crippen LogP contribution in [0.5, 0.6) is 0 Å². The number of nitrogens with zero attached hydrogens (tertiary/aromatic N) is 1. The minimum atomic E-state index is -3.75. The normalized spacial score (nSPS) is 11.9. The third-order valence-electron chi connectivity index (χ3n) is 6.14. The van der Waals surface area contributed by atoms with Gasteiger partial charge in [0.2, 0.25) is 0 Å². The van der Waals surface area contributed by atoms with Crippen LogP contribution in [0.3, 0.4) is 0 Å². The standard InChI is InChI=1S/C16H36N.C10H16O3S2/c1-5-9-13-17(14-10-6-2,15-11-7-3)16-12-8-4;11-15(12,13)8-4-2-1-3-5-10-6-7-14-9-10/h5-16H2,1-4H3;6-7,9H,1-5,8H2,(H,11,12,13)/q+1;. The van der Waals surface area contributed by atoms with Gasteiger partial charge < -0.3 is 4.48 Å². The third kappa shape index (κ3) is 18.0. The Hall–Kier alpha value is -0.430. The van der Waals surface area contributed by atoms with E-state index in [1.807, 2.05) is 0 Å². The predicted octanol–water partition coefficient (Wildman–Crippen LogP) is 7.74. The topological polar surface area (TPSA) is 54.4 Å². The van der Waals surface area contributed by atoms with Gasteiger partial charge in [0.25, 0.3) is 10.1 Å². The molecule has 1 N–H and O–H groups in total. The molecule has 0 aromatic carbocycles. The van der Waals surface area contributed by atoms with Gasteiger partial charge in [0.15, 0.2) is 0 Å². The molecule has 0 saturated heterocycles. The second-order valence-corrected chi connectivity index (χ2v) is 11.6. The number of thiophene rings is 1. The lowest BCUT2D eigenvalue weighted by Crippen LogP contribution is -2.50. The van der Waals surface area contributed by atoms with E-state index in [1.165, 1.54) is 87.6 Å². The van der Waals surface area contributed by atoms with Crippen molar-refractivity contribution in [2.24, 2.45) is 0 Å². The molecule has 0 fully saturated rings. The van der Waals surface area contributed by atoms with Crippen LogP contribution < -0.4 is 0 Å². The maximum absolute atomic E-state index is 10.4. The summed E-state index contributed by atoms with van der Waals surface area (Å²) >= 11 is 1.70. The minimum Gasteiger partial charge on any atom is -0.324 e. The zero-order valence-electron chi connectivity index (χ0n) is 21.5. The minimum absolute atomic E-state index is 0.106. The molecule has 6 heteroatoms. The van der Waals surface area contributed by atoms with Crippen molar-refractivity contribution in [2.75, 3.05) is 31.9 Å². The van der Waals surface area contributed by atoms with Crippen LogP contribution in [0, 0.1) is 0 Å². The zero-order valence-corrected chi connectivity index (χ0v) is 23.1. The fourth-order valence-electron chi connectivity index (χ4n) is 4.05. The van der Waals surface area contributed by atoms with Crippen LogP contribution in [0.1, 0.15) is 110 Å². The Morgan fingerprint density at radius 2 is 1.22 bits per heavy atom. The van der Waals surface area contributed by atoms with Gasteiger partial charge in [-0.15, -0.1) is 0 Å². The largest absolute Gasteiger partial charge is 0.324 e. The van der Waals surface area contributed by atoms with Crippen molar-refractivity contribution in [2.45, 2.75) is 111 Å². The van der Waals surface area contributed by atoms with Crippen LogP contribution in [0.25, 0.3) is 0 Å². The maximum atomic E-state index is 10.4. The van der Waals surface area contributed by atoms with Gasteiger partial charge in [-0.05, 0) is 67.3 Å². The molecular weight excluding hydrogens is 438 g/mol. The number of rotatable bonds is 19. The average Bonchev–Trinajstić information content (AvgIpc) is 3.28. The van der Waals surface area contributed by atoms with Crippen LogP contribution in [0.4, 0.5) is 0 Å². The quantitative estimate of drug-likeness (QED) is 0.122. The number of hydrogen-bond acceptors (Lipinski definition) is 3. The van der Waals surface area contributed by atoms with Gasteiger partial charge in [0, 0.05) is 0 Å². The van der Waals surface area contributed by atoms with E-state index < -0.39 is 10.1 Å². The Bertz CT molecular complexity index is 578. The van der Waals surface area contributed by atoms with Gasteiger partial charge in [0.1, 0.15) is 0 Å². The van der Waals surface area contributed by atoms with Crippen LogP contribution in [-0.4, -0.2) is 49.4 Å². The lowest BCUT2D eigenvalue weighted by atomic mass is 10.1. The SMILES string of the molecule is CCCC[N+](CCCC)(CCCC)CCCC.O=S(=O)(O)CCCCCCc1ccsc1. The summed E-state index contributed by atoms with van der Waals surface area (Å²) in [6.45, 7) is 15.0. The molecule has 190 valence electrons. The Kier molecular flexibility index (Phi) is 19.7. The van der Waals surface area contributed by atoms with Crippen LogP contribution in [0.2, 0.25) is 0 Å². The van der Waals surface area contributed by atoms with Crippen LogP contribution >= 0.6 is 11.3 Å². The molecule has 0 amide bonds. The first-order valence-corrected chi connectivity index (χ1v) is 15.7. The molecule has 0 radical (unpaired) electrons. The molecule has 32 heavy (non-hydrogen) atoms. The fourth-order valence-corrected chi connectivity index (χ4v) is 5.32. The molecule has 1 heterocycles. The molecule has 0 saturated carbocycles. The van der Waals surface area contributed by atoms with Crippen molar-refractivity contribution < 1.29 is 17.5 Å². The monoisotopic (exact) mass is 490 g/mol. The summed E-state index contributed by atoms with van der Waals surface area (Å²) in [6.07, 6.45) is 15.7. The number of unbranched alkanes of at least 4 members (excludes halogenated alkanes) is 7. The number of hydrogen-bond donors (Lipinski definition) is 1. The molecule has 1 rings (SSSR count). The van der Waals surface area contributed by atoms with Gasteiger partial charge >= 0.3 is 0 Å². The van der Waals surface area contributed by atoms with Crippen molar-refractivity contribution in [1.29, 1.82) is 0 Å². The van der Waals surface area contributed by atoms with Crippen molar-refractivity contribution in [3.63, 3.8) is 0 Å². The first-order valence-electron chi connectivity index (χ1n) is 13.1. The molecule has 0 bridgehead atoms. The molecule has 0 aliphatic rings. The second-order valence-electron chi connectivity index (χ2n) is 9.23. The second kappa shape index (κ2) is 20.0. The predicted molar refractivity (Wildman–Crippen MR) is 142 cm³/mol. The zero-order chi connectivity index (χ0) is 24.1. The summed E-state index contributed by atoms with van der Waals surface area (Å²) in [4.78, 5) is 0. The third-order valence-corrected chi connectivity index (χ3v) is 7.68. The summed E-state index contributed by atoms with van der Waals surface area (Å²) in [7, 11) is -3.75.